The molecule has 2 amide bonds. The summed E-state index contributed by atoms with van der Waals surface area (Å²) in [5.41, 5.74) is -4.14. The molecule has 0 aromatic heterocycles. The van der Waals surface area contributed by atoms with Gasteiger partial charge < -0.3 is 5.11 Å². The fourth-order valence-electron chi connectivity index (χ4n) is 2.75. The van der Waals surface area contributed by atoms with E-state index in [-0.39, 0.29) is 17.2 Å². The van der Waals surface area contributed by atoms with Gasteiger partial charge in [0.2, 0.25) is 0 Å². The summed E-state index contributed by atoms with van der Waals surface area (Å²) < 4.78 is 77.5. The summed E-state index contributed by atoms with van der Waals surface area (Å²) in [6.45, 7) is -0.807. The van der Waals surface area contributed by atoms with Crippen molar-refractivity contribution in [2.75, 3.05) is 0 Å². The Morgan fingerprint density at radius 1 is 0.852 bits per heavy atom. The SMILES string of the molecule is O=C1c2cccc(O)c2C(=O)N1Cc1cc(C(F)(F)F)cc(C(F)(F)F)c1. The van der Waals surface area contributed by atoms with Crippen LogP contribution in [0.4, 0.5) is 26.3 Å². The molecular weight excluding hydrogens is 380 g/mol. The number of alkyl halides is 6. The zero-order chi connectivity index (χ0) is 20.1. The third-order valence-electron chi connectivity index (χ3n) is 3.97. The van der Waals surface area contributed by atoms with Gasteiger partial charge in [0.1, 0.15) is 5.75 Å². The third kappa shape index (κ3) is 3.34. The maximum Gasteiger partial charge on any atom is 0.416 e. The van der Waals surface area contributed by atoms with E-state index in [0.717, 1.165) is 6.07 Å². The lowest BCUT2D eigenvalue weighted by molar-refractivity contribution is -0.143. The van der Waals surface area contributed by atoms with Crippen molar-refractivity contribution in [2.45, 2.75) is 18.9 Å². The van der Waals surface area contributed by atoms with Gasteiger partial charge in [0, 0.05) is 0 Å². The van der Waals surface area contributed by atoms with Crippen molar-refractivity contribution in [1.82, 2.24) is 4.90 Å². The second-order valence-electron chi connectivity index (χ2n) is 5.81. The fraction of sp³-hybridized carbons (Fsp3) is 0.176. The Hall–Kier alpha value is -3.04. The number of hydrogen-bond donors (Lipinski definition) is 1. The molecule has 0 spiro atoms. The van der Waals surface area contributed by atoms with Crippen LogP contribution in [0.25, 0.3) is 0 Å². The molecule has 0 unspecified atom stereocenters. The Kier molecular flexibility index (Phi) is 4.16. The van der Waals surface area contributed by atoms with Crippen molar-refractivity contribution < 1.29 is 41.0 Å². The van der Waals surface area contributed by atoms with Crippen molar-refractivity contribution >= 4 is 11.8 Å². The molecule has 1 N–H and O–H groups in total. The van der Waals surface area contributed by atoms with Gasteiger partial charge in [0.25, 0.3) is 11.8 Å². The molecule has 0 fully saturated rings. The summed E-state index contributed by atoms with van der Waals surface area (Å²) in [4.78, 5) is 25.1. The number of phenols is 1. The highest BCUT2D eigenvalue weighted by atomic mass is 19.4. The van der Waals surface area contributed by atoms with Gasteiger partial charge in [-0.05, 0) is 35.9 Å². The quantitative estimate of drug-likeness (QED) is 0.618. The number of carbonyl (C=O) groups excluding carboxylic acids is 2. The van der Waals surface area contributed by atoms with E-state index in [1.54, 1.807) is 0 Å². The first-order chi connectivity index (χ1) is 12.4. The standard InChI is InChI=1S/C17H9F6NO3/c18-16(19,20)9-4-8(5-10(6-9)17(21,22)23)7-24-14(26)11-2-1-3-12(25)13(11)15(24)27/h1-6,25H,7H2. The molecule has 27 heavy (non-hydrogen) atoms. The van der Waals surface area contributed by atoms with Crippen LogP contribution in [0.15, 0.2) is 36.4 Å². The van der Waals surface area contributed by atoms with E-state index in [9.17, 15) is 41.0 Å². The van der Waals surface area contributed by atoms with E-state index < -0.39 is 53.2 Å². The molecule has 142 valence electrons. The van der Waals surface area contributed by atoms with Crippen molar-refractivity contribution in [3.8, 4) is 5.75 Å². The highest BCUT2D eigenvalue weighted by Gasteiger charge is 2.40. The molecule has 4 nitrogen and oxygen atoms in total. The molecule has 2 aromatic rings. The number of aromatic hydroxyl groups is 1. The molecule has 1 aliphatic heterocycles. The van der Waals surface area contributed by atoms with Crippen LogP contribution in [-0.2, 0) is 18.9 Å². The number of imide groups is 1. The van der Waals surface area contributed by atoms with Gasteiger partial charge in [-0.3, -0.25) is 14.5 Å². The molecule has 1 aliphatic rings. The number of rotatable bonds is 2. The summed E-state index contributed by atoms with van der Waals surface area (Å²) in [6, 6.07) is 4.49. The van der Waals surface area contributed by atoms with E-state index in [0.29, 0.717) is 17.0 Å². The number of fused-ring (bicyclic) bond motifs is 1. The second kappa shape index (κ2) is 6.00. The monoisotopic (exact) mass is 389 g/mol. The molecule has 0 radical (unpaired) electrons. The van der Waals surface area contributed by atoms with Crippen molar-refractivity contribution in [1.29, 1.82) is 0 Å². The van der Waals surface area contributed by atoms with Crippen molar-refractivity contribution in [3.05, 3.63) is 64.2 Å². The number of phenolic OH excluding ortho intramolecular Hbond substituents is 1. The van der Waals surface area contributed by atoms with Crippen LogP contribution in [0.3, 0.4) is 0 Å². The Morgan fingerprint density at radius 3 is 1.89 bits per heavy atom. The summed E-state index contributed by atoms with van der Waals surface area (Å²) in [7, 11) is 0. The van der Waals surface area contributed by atoms with E-state index in [2.05, 4.69) is 0 Å². The van der Waals surface area contributed by atoms with Crippen molar-refractivity contribution in [2.24, 2.45) is 0 Å². The molecule has 0 saturated heterocycles. The Bertz CT molecular complexity index is 916. The van der Waals surface area contributed by atoms with Gasteiger partial charge in [-0.15, -0.1) is 0 Å². The number of amides is 2. The molecule has 1 heterocycles. The van der Waals surface area contributed by atoms with Crippen LogP contribution in [0.2, 0.25) is 0 Å². The first-order valence-corrected chi connectivity index (χ1v) is 7.36. The van der Waals surface area contributed by atoms with Gasteiger partial charge in [0.15, 0.2) is 0 Å². The lowest BCUT2D eigenvalue weighted by atomic mass is 10.0. The maximum absolute atomic E-state index is 12.9. The van der Waals surface area contributed by atoms with Gasteiger partial charge in [-0.2, -0.15) is 26.3 Å². The number of hydrogen-bond acceptors (Lipinski definition) is 3. The van der Waals surface area contributed by atoms with Crippen LogP contribution in [0, 0.1) is 0 Å². The predicted molar refractivity (Wildman–Crippen MR) is 78.8 cm³/mol. The van der Waals surface area contributed by atoms with Crippen LogP contribution < -0.4 is 0 Å². The molecule has 10 heteroatoms. The summed E-state index contributed by atoms with van der Waals surface area (Å²) in [6.07, 6.45) is -10.1. The van der Waals surface area contributed by atoms with E-state index in [1.165, 1.54) is 12.1 Å². The number of benzene rings is 2. The minimum Gasteiger partial charge on any atom is -0.507 e. The van der Waals surface area contributed by atoms with Gasteiger partial charge in [0.05, 0.1) is 28.8 Å². The number of nitrogens with zero attached hydrogens (tertiary/aromatic N) is 1. The normalized spacial score (nSPS) is 14.7. The second-order valence-corrected chi connectivity index (χ2v) is 5.81. The fourth-order valence-corrected chi connectivity index (χ4v) is 2.75. The predicted octanol–water partition coefficient (Wildman–Crippen LogP) is 4.23. The average molecular weight is 389 g/mol. The largest absolute Gasteiger partial charge is 0.507 e. The summed E-state index contributed by atoms with van der Waals surface area (Å²) in [5.74, 6) is -2.43. The summed E-state index contributed by atoms with van der Waals surface area (Å²) in [5, 5.41) is 9.71. The summed E-state index contributed by atoms with van der Waals surface area (Å²) >= 11 is 0. The zero-order valence-corrected chi connectivity index (χ0v) is 13.1. The Morgan fingerprint density at radius 2 is 1.41 bits per heavy atom. The lowest BCUT2D eigenvalue weighted by Crippen LogP contribution is -2.29. The molecule has 0 saturated carbocycles. The van der Waals surface area contributed by atoms with Gasteiger partial charge >= 0.3 is 12.4 Å². The lowest BCUT2D eigenvalue weighted by Gasteiger charge is -2.18. The molecule has 0 atom stereocenters. The van der Waals surface area contributed by atoms with Crippen LogP contribution in [0.1, 0.15) is 37.4 Å². The number of carbonyl (C=O) groups is 2. The Labute approximate surface area is 147 Å². The topological polar surface area (TPSA) is 57.6 Å². The maximum atomic E-state index is 12.9. The molecule has 0 bridgehead atoms. The molecular formula is C17H9F6NO3. The van der Waals surface area contributed by atoms with Crippen molar-refractivity contribution in [3.63, 3.8) is 0 Å². The minimum absolute atomic E-state index is 0.0439. The van der Waals surface area contributed by atoms with Gasteiger partial charge in [-0.25, -0.2) is 0 Å². The molecule has 0 aliphatic carbocycles. The smallest absolute Gasteiger partial charge is 0.416 e. The first kappa shape index (κ1) is 18.7. The highest BCUT2D eigenvalue weighted by Crippen LogP contribution is 2.37. The molecule has 3 rings (SSSR count). The van der Waals surface area contributed by atoms with Crippen LogP contribution in [-0.4, -0.2) is 21.8 Å². The van der Waals surface area contributed by atoms with Crippen LogP contribution >= 0.6 is 0 Å². The Balaban J connectivity index is 2.03. The minimum atomic E-state index is -5.05. The van der Waals surface area contributed by atoms with E-state index >= 15 is 0 Å². The van der Waals surface area contributed by atoms with Crippen LogP contribution in [0.5, 0.6) is 5.75 Å². The van der Waals surface area contributed by atoms with Gasteiger partial charge in [-0.1, -0.05) is 6.07 Å². The zero-order valence-electron chi connectivity index (χ0n) is 13.1. The number of halogens is 6. The third-order valence-corrected chi connectivity index (χ3v) is 3.97. The van der Waals surface area contributed by atoms with E-state index in [4.69, 9.17) is 0 Å². The average Bonchev–Trinajstić information content (AvgIpc) is 2.79. The molecule has 2 aromatic carbocycles. The first-order valence-electron chi connectivity index (χ1n) is 7.36. The van der Waals surface area contributed by atoms with E-state index in [1.807, 2.05) is 0 Å². The highest BCUT2D eigenvalue weighted by molar-refractivity contribution is 6.22.